The number of nitrogens with zero attached hydrogens (tertiary/aromatic N) is 1. The Balaban J connectivity index is 2.46. The fourth-order valence-corrected chi connectivity index (χ4v) is 4.11. The van der Waals surface area contributed by atoms with Crippen LogP contribution in [0.3, 0.4) is 0 Å². The highest BCUT2D eigenvalue weighted by Crippen LogP contribution is 2.34. The Bertz CT molecular complexity index is 518. The molecule has 0 aromatic heterocycles. The molecule has 0 bridgehead atoms. The van der Waals surface area contributed by atoms with Crippen LogP contribution < -0.4 is 5.73 Å². The van der Waals surface area contributed by atoms with E-state index in [9.17, 15) is 8.42 Å². The number of benzene rings is 1. The third-order valence-corrected chi connectivity index (χ3v) is 5.26. The molecule has 0 spiro atoms. The molecule has 1 aliphatic rings. The molecule has 1 aromatic rings. The lowest BCUT2D eigenvalue weighted by atomic mass is 10.2. The van der Waals surface area contributed by atoms with E-state index in [0.717, 1.165) is 12.8 Å². The van der Waals surface area contributed by atoms with Gasteiger partial charge in [-0.15, -0.1) is 0 Å². The monoisotopic (exact) mass is 270 g/mol. The molecule has 0 amide bonds. The first kappa shape index (κ1) is 13.3. The van der Waals surface area contributed by atoms with E-state index in [1.165, 1.54) is 4.31 Å². The fraction of sp³-hybridized carbons (Fsp3) is 0.500. The lowest BCUT2D eigenvalue weighted by Crippen LogP contribution is -2.36. The molecule has 1 aromatic carbocycles. The van der Waals surface area contributed by atoms with Crippen molar-refractivity contribution in [2.24, 2.45) is 0 Å². The number of sulfonamides is 1. The second kappa shape index (κ2) is 4.87. The van der Waals surface area contributed by atoms with Gasteiger partial charge in [0.15, 0.2) is 0 Å². The second-order valence-corrected chi connectivity index (χ2v) is 6.39. The summed E-state index contributed by atoms with van der Waals surface area (Å²) in [7, 11) is -3.61. The van der Waals surface area contributed by atoms with Crippen LogP contribution in [0.15, 0.2) is 23.1 Å². The number of aliphatic hydroxyl groups is 1. The van der Waals surface area contributed by atoms with Crippen LogP contribution in [0.5, 0.6) is 0 Å². The second-order valence-electron chi connectivity index (χ2n) is 4.56. The van der Waals surface area contributed by atoms with Crippen LogP contribution in [0.25, 0.3) is 0 Å². The molecule has 0 aliphatic heterocycles. The van der Waals surface area contributed by atoms with Crippen LogP contribution in [0.1, 0.15) is 18.4 Å². The molecule has 3 N–H and O–H groups in total. The molecule has 2 rings (SSSR count). The quantitative estimate of drug-likeness (QED) is 0.772. The van der Waals surface area contributed by atoms with Gasteiger partial charge in [0.25, 0.3) is 0 Å². The highest BCUT2D eigenvalue weighted by molar-refractivity contribution is 7.89. The van der Waals surface area contributed by atoms with Gasteiger partial charge in [0.2, 0.25) is 10.0 Å². The van der Waals surface area contributed by atoms with Gasteiger partial charge in [-0.3, -0.25) is 0 Å². The van der Waals surface area contributed by atoms with Crippen molar-refractivity contribution >= 4 is 15.7 Å². The summed E-state index contributed by atoms with van der Waals surface area (Å²) in [5.74, 6) is 0. The molecule has 0 radical (unpaired) electrons. The zero-order valence-electron chi connectivity index (χ0n) is 10.3. The third-order valence-electron chi connectivity index (χ3n) is 3.08. The van der Waals surface area contributed by atoms with E-state index in [1.54, 1.807) is 25.1 Å². The van der Waals surface area contributed by atoms with Crippen LogP contribution in [-0.4, -0.2) is 37.0 Å². The summed E-state index contributed by atoms with van der Waals surface area (Å²) in [6.45, 7) is 1.68. The Labute approximate surface area is 107 Å². The van der Waals surface area contributed by atoms with Crippen molar-refractivity contribution in [2.75, 3.05) is 18.9 Å². The van der Waals surface area contributed by atoms with E-state index >= 15 is 0 Å². The van der Waals surface area contributed by atoms with Gasteiger partial charge < -0.3 is 10.8 Å². The predicted molar refractivity (Wildman–Crippen MR) is 69.6 cm³/mol. The van der Waals surface area contributed by atoms with Crippen molar-refractivity contribution in [2.45, 2.75) is 30.7 Å². The Morgan fingerprint density at radius 3 is 2.61 bits per heavy atom. The summed E-state index contributed by atoms with van der Waals surface area (Å²) in [6.07, 6.45) is 1.70. The molecule has 0 saturated heterocycles. The minimum absolute atomic E-state index is 0.0150. The average Bonchev–Trinajstić information content (AvgIpc) is 3.08. The lowest BCUT2D eigenvalue weighted by molar-refractivity contribution is 0.250. The fourth-order valence-electron chi connectivity index (χ4n) is 2.10. The van der Waals surface area contributed by atoms with Crippen LogP contribution in [0.4, 0.5) is 5.69 Å². The summed E-state index contributed by atoms with van der Waals surface area (Å²) in [6, 6.07) is 5.06. The molecular weight excluding hydrogens is 252 g/mol. The zero-order valence-corrected chi connectivity index (χ0v) is 11.2. The van der Waals surface area contributed by atoms with Gasteiger partial charge in [0.05, 0.1) is 12.3 Å². The van der Waals surface area contributed by atoms with E-state index < -0.39 is 10.0 Å². The topological polar surface area (TPSA) is 83.6 Å². The van der Waals surface area contributed by atoms with Gasteiger partial charge >= 0.3 is 0 Å². The summed E-state index contributed by atoms with van der Waals surface area (Å²) in [5, 5.41) is 9.02. The number of nitrogens with two attached hydrogens (primary N) is 1. The molecule has 0 atom stereocenters. The largest absolute Gasteiger partial charge is 0.398 e. The number of aliphatic hydroxyl groups excluding tert-OH is 1. The Morgan fingerprint density at radius 2 is 2.11 bits per heavy atom. The molecule has 1 aliphatic carbocycles. The summed E-state index contributed by atoms with van der Waals surface area (Å²) >= 11 is 0. The number of aryl methyl sites for hydroxylation is 1. The highest BCUT2D eigenvalue weighted by Gasteiger charge is 2.38. The standard InChI is InChI=1S/C12H18N2O3S/c1-9-3-2-4-11(13)12(9)18(16,17)14(7-8-15)10-5-6-10/h2-4,10,15H,5-8,13H2,1H3. The van der Waals surface area contributed by atoms with Crippen LogP contribution >= 0.6 is 0 Å². The maximum Gasteiger partial charge on any atom is 0.245 e. The van der Waals surface area contributed by atoms with Crippen molar-refractivity contribution in [1.29, 1.82) is 0 Å². The minimum atomic E-state index is -3.61. The van der Waals surface area contributed by atoms with Crippen molar-refractivity contribution in [3.63, 3.8) is 0 Å². The molecule has 5 nitrogen and oxygen atoms in total. The number of rotatable bonds is 5. The van der Waals surface area contributed by atoms with E-state index in [0.29, 0.717) is 5.56 Å². The molecule has 0 heterocycles. The van der Waals surface area contributed by atoms with Crippen molar-refractivity contribution in [3.05, 3.63) is 23.8 Å². The molecule has 18 heavy (non-hydrogen) atoms. The van der Waals surface area contributed by atoms with Gasteiger partial charge in [-0.25, -0.2) is 8.42 Å². The van der Waals surface area contributed by atoms with Gasteiger partial charge in [0, 0.05) is 12.6 Å². The van der Waals surface area contributed by atoms with Gasteiger partial charge in [-0.1, -0.05) is 12.1 Å². The molecule has 1 saturated carbocycles. The number of anilines is 1. The first-order valence-electron chi connectivity index (χ1n) is 5.96. The van der Waals surface area contributed by atoms with Crippen LogP contribution in [0, 0.1) is 6.92 Å². The number of hydrogen-bond acceptors (Lipinski definition) is 4. The SMILES string of the molecule is Cc1cccc(N)c1S(=O)(=O)N(CCO)C1CC1. The Morgan fingerprint density at radius 1 is 1.44 bits per heavy atom. The Hall–Kier alpha value is -1.11. The van der Waals surface area contributed by atoms with Crippen molar-refractivity contribution in [3.8, 4) is 0 Å². The normalized spacial score (nSPS) is 16.2. The lowest BCUT2D eigenvalue weighted by Gasteiger charge is -2.22. The minimum Gasteiger partial charge on any atom is -0.398 e. The molecular formula is C12H18N2O3S. The average molecular weight is 270 g/mol. The number of hydrogen-bond donors (Lipinski definition) is 2. The van der Waals surface area contributed by atoms with Crippen LogP contribution in [0.2, 0.25) is 0 Å². The van der Waals surface area contributed by atoms with Crippen molar-refractivity contribution < 1.29 is 13.5 Å². The maximum atomic E-state index is 12.6. The summed E-state index contributed by atoms with van der Waals surface area (Å²) < 4.78 is 26.5. The third kappa shape index (κ3) is 2.36. The molecule has 1 fully saturated rings. The highest BCUT2D eigenvalue weighted by atomic mass is 32.2. The first-order valence-corrected chi connectivity index (χ1v) is 7.40. The van der Waals surface area contributed by atoms with E-state index in [4.69, 9.17) is 10.8 Å². The maximum absolute atomic E-state index is 12.6. The summed E-state index contributed by atoms with van der Waals surface area (Å²) in [5.41, 5.74) is 6.69. The smallest absolute Gasteiger partial charge is 0.245 e. The summed E-state index contributed by atoms with van der Waals surface area (Å²) in [4.78, 5) is 0.172. The molecule has 100 valence electrons. The van der Waals surface area contributed by atoms with Gasteiger partial charge in [-0.2, -0.15) is 4.31 Å². The Kier molecular flexibility index (Phi) is 3.61. The molecule has 0 unspecified atom stereocenters. The molecule has 6 heteroatoms. The first-order chi connectivity index (χ1) is 8.48. The number of nitrogen functional groups attached to an aromatic ring is 1. The van der Waals surface area contributed by atoms with Crippen molar-refractivity contribution in [1.82, 2.24) is 4.31 Å². The van der Waals surface area contributed by atoms with Gasteiger partial charge in [-0.05, 0) is 31.4 Å². The zero-order chi connectivity index (χ0) is 13.3. The van der Waals surface area contributed by atoms with E-state index in [1.807, 2.05) is 0 Å². The van der Waals surface area contributed by atoms with E-state index in [2.05, 4.69) is 0 Å². The predicted octanol–water partition coefficient (Wildman–Crippen LogP) is 0.723. The van der Waals surface area contributed by atoms with Crippen LogP contribution in [-0.2, 0) is 10.0 Å². The van der Waals surface area contributed by atoms with Gasteiger partial charge in [0.1, 0.15) is 4.90 Å². The van der Waals surface area contributed by atoms with E-state index in [-0.39, 0.29) is 29.8 Å².